The van der Waals surface area contributed by atoms with Crippen LogP contribution in [0.3, 0.4) is 0 Å². The van der Waals surface area contributed by atoms with Gasteiger partial charge in [0, 0.05) is 10.2 Å². The van der Waals surface area contributed by atoms with Crippen LogP contribution in [0.5, 0.6) is 0 Å². The Morgan fingerprint density at radius 3 is 2.68 bits per heavy atom. The third-order valence-corrected chi connectivity index (χ3v) is 3.69. The second kappa shape index (κ2) is 6.17. The molecule has 0 saturated carbocycles. The molecule has 1 unspecified atom stereocenters. The third kappa shape index (κ3) is 3.33. The van der Waals surface area contributed by atoms with Gasteiger partial charge in [-0.2, -0.15) is 0 Å². The van der Waals surface area contributed by atoms with Gasteiger partial charge in [-0.25, -0.2) is 4.39 Å². The highest BCUT2D eigenvalue weighted by Crippen LogP contribution is 2.27. The Labute approximate surface area is 120 Å². The summed E-state index contributed by atoms with van der Waals surface area (Å²) in [7, 11) is 0. The van der Waals surface area contributed by atoms with Crippen LogP contribution in [0.2, 0.25) is 0 Å². The maximum Gasteiger partial charge on any atom is 0.123 e. The summed E-state index contributed by atoms with van der Waals surface area (Å²) in [5, 5.41) is 12.8. The van der Waals surface area contributed by atoms with Crippen molar-refractivity contribution in [2.75, 3.05) is 11.9 Å². The lowest BCUT2D eigenvalue weighted by atomic mass is 10.0. The Morgan fingerprint density at radius 2 is 2.00 bits per heavy atom. The number of para-hydroxylation sites is 1. The van der Waals surface area contributed by atoms with Crippen molar-refractivity contribution in [2.24, 2.45) is 0 Å². The first-order valence-electron chi connectivity index (χ1n) is 6.00. The summed E-state index contributed by atoms with van der Waals surface area (Å²) in [5.74, 6) is -0.298. The summed E-state index contributed by atoms with van der Waals surface area (Å²) in [6, 6.07) is 11.9. The monoisotopic (exact) mass is 323 g/mol. The fourth-order valence-corrected chi connectivity index (χ4v) is 2.37. The van der Waals surface area contributed by atoms with Crippen LogP contribution in [0.4, 0.5) is 10.1 Å². The number of anilines is 1. The van der Waals surface area contributed by atoms with Gasteiger partial charge in [-0.3, -0.25) is 0 Å². The molecule has 0 aromatic heterocycles. The normalized spacial score (nSPS) is 12.2. The van der Waals surface area contributed by atoms with Crippen LogP contribution in [0.25, 0.3) is 0 Å². The highest BCUT2D eigenvalue weighted by Gasteiger charge is 2.14. The zero-order valence-electron chi connectivity index (χ0n) is 10.5. The largest absolute Gasteiger partial charge is 0.394 e. The van der Waals surface area contributed by atoms with Crippen molar-refractivity contribution >= 4 is 21.6 Å². The van der Waals surface area contributed by atoms with Gasteiger partial charge in [-0.1, -0.05) is 18.2 Å². The van der Waals surface area contributed by atoms with Crippen LogP contribution >= 0.6 is 15.9 Å². The molecular weight excluding hydrogens is 309 g/mol. The third-order valence-electron chi connectivity index (χ3n) is 3.00. The zero-order chi connectivity index (χ0) is 13.8. The average molecular weight is 324 g/mol. The molecule has 0 aliphatic heterocycles. The fourth-order valence-electron chi connectivity index (χ4n) is 1.97. The molecule has 2 aromatic rings. The Morgan fingerprint density at radius 1 is 1.26 bits per heavy atom. The van der Waals surface area contributed by atoms with E-state index in [2.05, 4.69) is 21.2 Å². The number of hydrogen-bond donors (Lipinski definition) is 2. The maximum absolute atomic E-state index is 13.3. The molecule has 0 spiro atoms. The predicted octanol–water partition coefficient (Wildman–Crippen LogP) is 4.04. The SMILES string of the molecule is Cc1ccc(F)cc1C(CO)Nc1ccccc1Br. The molecular formula is C15H15BrFNO. The summed E-state index contributed by atoms with van der Waals surface area (Å²) in [4.78, 5) is 0. The predicted molar refractivity (Wildman–Crippen MR) is 78.7 cm³/mol. The molecule has 0 bridgehead atoms. The number of benzene rings is 2. The molecule has 2 nitrogen and oxygen atoms in total. The molecule has 0 aliphatic rings. The number of nitrogens with one attached hydrogen (secondary N) is 1. The van der Waals surface area contributed by atoms with Crippen molar-refractivity contribution in [1.29, 1.82) is 0 Å². The summed E-state index contributed by atoms with van der Waals surface area (Å²) in [5.41, 5.74) is 2.57. The first-order chi connectivity index (χ1) is 9.11. The molecule has 4 heteroatoms. The lowest BCUT2D eigenvalue weighted by Crippen LogP contribution is -2.16. The van der Waals surface area contributed by atoms with E-state index in [-0.39, 0.29) is 18.5 Å². The van der Waals surface area contributed by atoms with E-state index in [4.69, 9.17) is 0 Å². The standard InChI is InChI=1S/C15H15BrFNO/c1-10-6-7-11(17)8-12(10)15(9-19)18-14-5-3-2-4-13(14)16/h2-8,15,18-19H,9H2,1H3. The van der Waals surface area contributed by atoms with Gasteiger partial charge in [0.05, 0.1) is 12.6 Å². The first-order valence-corrected chi connectivity index (χ1v) is 6.79. The van der Waals surface area contributed by atoms with E-state index in [1.807, 2.05) is 31.2 Å². The van der Waals surface area contributed by atoms with Gasteiger partial charge in [0.25, 0.3) is 0 Å². The number of hydrogen-bond acceptors (Lipinski definition) is 2. The van der Waals surface area contributed by atoms with Crippen molar-refractivity contribution < 1.29 is 9.50 Å². The Kier molecular flexibility index (Phi) is 4.56. The van der Waals surface area contributed by atoms with Crippen LogP contribution in [0.15, 0.2) is 46.9 Å². The Hall–Kier alpha value is -1.39. The number of aliphatic hydroxyl groups is 1. The van der Waals surface area contributed by atoms with Gasteiger partial charge in [0.1, 0.15) is 5.82 Å². The molecule has 0 amide bonds. The number of aliphatic hydroxyl groups excluding tert-OH is 1. The van der Waals surface area contributed by atoms with Gasteiger partial charge >= 0.3 is 0 Å². The van der Waals surface area contributed by atoms with Gasteiger partial charge in [-0.15, -0.1) is 0 Å². The van der Waals surface area contributed by atoms with Crippen molar-refractivity contribution in [2.45, 2.75) is 13.0 Å². The van der Waals surface area contributed by atoms with Gasteiger partial charge in [-0.05, 0) is 58.2 Å². The summed E-state index contributed by atoms with van der Waals surface area (Å²) in [6.07, 6.45) is 0. The van der Waals surface area contributed by atoms with Crippen LogP contribution in [-0.2, 0) is 0 Å². The minimum atomic E-state index is -0.339. The van der Waals surface area contributed by atoms with E-state index in [0.29, 0.717) is 0 Å². The van der Waals surface area contributed by atoms with Crippen LogP contribution in [0.1, 0.15) is 17.2 Å². The van der Waals surface area contributed by atoms with E-state index in [0.717, 1.165) is 21.3 Å². The second-order valence-electron chi connectivity index (χ2n) is 4.36. The van der Waals surface area contributed by atoms with Crippen molar-refractivity contribution in [3.8, 4) is 0 Å². The number of halogens is 2. The van der Waals surface area contributed by atoms with Crippen LogP contribution < -0.4 is 5.32 Å². The van der Waals surface area contributed by atoms with Gasteiger partial charge in [0.15, 0.2) is 0 Å². The van der Waals surface area contributed by atoms with Crippen LogP contribution in [0, 0.1) is 12.7 Å². The van der Waals surface area contributed by atoms with E-state index < -0.39 is 0 Å². The van der Waals surface area contributed by atoms with E-state index in [1.54, 1.807) is 6.07 Å². The van der Waals surface area contributed by atoms with E-state index in [9.17, 15) is 9.50 Å². The van der Waals surface area contributed by atoms with E-state index >= 15 is 0 Å². The molecule has 2 aromatic carbocycles. The van der Waals surface area contributed by atoms with Gasteiger partial charge < -0.3 is 10.4 Å². The Bertz CT molecular complexity index is 574. The van der Waals surface area contributed by atoms with Crippen molar-refractivity contribution in [3.63, 3.8) is 0 Å². The zero-order valence-corrected chi connectivity index (χ0v) is 12.1. The molecule has 2 N–H and O–H groups in total. The number of aryl methyl sites for hydroxylation is 1. The highest BCUT2D eigenvalue weighted by molar-refractivity contribution is 9.10. The van der Waals surface area contributed by atoms with Gasteiger partial charge in [0.2, 0.25) is 0 Å². The summed E-state index contributed by atoms with van der Waals surface area (Å²) >= 11 is 3.44. The number of rotatable bonds is 4. The molecule has 2 rings (SSSR count). The molecule has 0 radical (unpaired) electrons. The van der Waals surface area contributed by atoms with E-state index in [1.165, 1.54) is 12.1 Å². The molecule has 0 heterocycles. The topological polar surface area (TPSA) is 32.3 Å². The second-order valence-corrected chi connectivity index (χ2v) is 5.21. The molecule has 100 valence electrons. The highest BCUT2D eigenvalue weighted by atomic mass is 79.9. The minimum Gasteiger partial charge on any atom is -0.394 e. The molecule has 1 atom stereocenters. The van der Waals surface area contributed by atoms with Crippen LogP contribution in [-0.4, -0.2) is 11.7 Å². The Balaban J connectivity index is 2.30. The lowest BCUT2D eigenvalue weighted by molar-refractivity contribution is 0.275. The first kappa shape index (κ1) is 14.0. The summed E-state index contributed by atoms with van der Waals surface area (Å²) < 4.78 is 14.2. The quantitative estimate of drug-likeness (QED) is 0.889. The molecule has 0 aliphatic carbocycles. The van der Waals surface area contributed by atoms with Crippen molar-refractivity contribution in [1.82, 2.24) is 0 Å². The molecule has 0 fully saturated rings. The fraction of sp³-hybridized carbons (Fsp3) is 0.200. The maximum atomic E-state index is 13.3. The average Bonchev–Trinajstić information content (AvgIpc) is 2.41. The smallest absolute Gasteiger partial charge is 0.123 e. The minimum absolute atomic E-state index is 0.106. The summed E-state index contributed by atoms with van der Waals surface area (Å²) in [6.45, 7) is 1.80. The molecule has 19 heavy (non-hydrogen) atoms. The van der Waals surface area contributed by atoms with Crippen molar-refractivity contribution in [3.05, 3.63) is 63.9 Å². The lowest BCUT2D eigenvalue weighted by Gasteiger charge is -2.21. The molecule has 0 saturated heterocycles.